The highest BCUT2D eigenvalue weighted by atomic mass is 127. The molecular weight excluding hydrogens is 515 g/mol. The molecule has 2 rings (SSSR count). The monoisotopic (exact) mass is 542 g/mol. The van der Waals surface area contributed by atoms with Crippen molar-refractivity contribution in [2.75, 3.05) is 13.2 Å². The Balaban J connectivity index is 2.19. The Morgan fingerprint density at radius 3 is 2.40 bits per heavy atom. The van der Waals surface area contributed by atoms with E-state index in [9.17, 15) is 9.59 Å². The fourth-order valence-electron chi connectivity index (χ4n) is 2.91. The van der Waals surface area contributed by atoms with Crippen molar-refractivity contribution in [2.24, 2.45) is 5.92 Å². The Bertz CT molecular complexity index is 843. The second kappa shape index (κ2) is 12.2. The number of hydrogen-bond donors (Lipinski definition) is 1. The van der Waals surface area contributed by atoms with Crippen LogP contribution in [0.25, 0.3) is 0 Å². The molecule has 0 aliphatic heterocycles. The third-order valence-electron chi connectivity index (χ3n) is 4.54. The number of carbonyl (C=O) groups excluding carboxylic acids is 2. The molecule has 2 amide bonds. The van der Waals surface area contributed by atoms with Crippen LogP contribution in [0.5, 0.6) is 5.75 Å². The standard InChI is InChI=1S/C23H28ClIN2O3/c1-4-21(23(29)26-13-16(2)3)27(14-17-7-5-6-8-20(17)24)22(28)15-30-19-11-9-18(25)10-12-19/h5-12,16,21H,4,13-15H2,1-3H3,(H,26,29)/t21-/m1/s1. The quantitative estimate of drug-likeness (QED) is 0.435. The van der Waals surface area contributed by atoms with Gasteiger partial charge in [-0.1, -0.05) is 50.6 Å². The van der Waals surface area contributed by atoms with Gasteiger partial charge in [-0.15, -0.1) is 0 Å². The van der Waals surface area contributed by atoms with E-state index in [2.05, 4.69) is 27.9 Å². The number of rotatable bonds is 10. The predicted molar refractivity (Wildman–Crippen MR) is 129 cm³/mol. The van der Waals surface area contributed by atoms with Crippen LogP contribution in [0, 0.1) is 9.49 Å². The van der Waals surface area contributed by atoms with Crippen molar-refractivity contribution in [2.45, 2.75) is 39.8 Å². The number of halogens is 2. The van der Waals surface area contributed by atoms with Gasteiger partial charge in [0.1, 0.15) is 11.8 Å². The number of ether oxygens (including phenoxy) is 1. The van der Waals surface area contributed by atoms with Crippen LogP contribution in [0.1, 0.15) is 32.8 Å². The Hall–Kier alpha value is -1.80. The second-order valence-electron chi connectivity index (χ2n) is 7.42. The van der Waals surface area contributed by atoms with Gasteiger partial charge < -0.3 is 15.0 Å². The van der Waals surface area contributed by atoms with E-state index in [1.807, 2.05) is 63.2 Å². The molecule has 0 unspecified atom stereocenters. The van der Waals surface area contributed by atoms with E-state index in [1.165, 1.54) is 0 Å². The molecule has 1 N–H and O–H groups in total. The molecule has 2 aromatic rings. The fourth-order valence-corrected chi connectivity index (χ4v) is 3.47. The lowest BCUT2D eigenvalue weighted by atomic mass is 10.1. The van der Waals surface area contributed by atoms with Crippen LogP contribution in [0.4, 0.5) is 0 Å². The van der Waals surface area contributed by atoms with Crippen molar-refractivity contribution >= 4 is 46.0 Å². The van der Waals surface area contributed by atoms with E-state index in [-0.39, 0.29) is 25.0 Å². The van der Waals surface area contributed by atoms with E-state index in [1.54, 1.807) is 11.0 Å². The molecule has 0 saturated carbocycles. The number of benzene rings is 2. The first kappa shape index (κ1) is 24.5. The van der Waals surface area contributed by atoms with E-state index in [0.29, 0.717) is 29.7 Å². The summed E-state index contributed by atoms with van der Waals surface area (Å²) in [7, 11) is 0. The van der Waals surface area contributed by atoms with Crippen molar-refractivity contribution in [3.05, 3.63) is 62.7 Å². The maximum Gasteiger partial charge on any atom is 0.261 e. The summed E-state index contributed by atoms with van der Waals surface area (Å²) >= 11 is 8.53. The number of nitrogens with zero attached hydrogens (tertiary/aromatic N) is 1. The first-order valence-corrected chi connectivity index (χ1v) is 11.5. The minimum Gasteiger partial charge on any atom is -0.484 e. The van der Waals surface area contributed by atoms with E-state index in [0.717, 1.165) is 9.13 Å². The predicted octanol–water partition coefficient (Wildman–Crippen LogP) is 4.90. The number of hydrogen-bond acceptors (Lipinski definition) is 3. The molecule has 30 heavy (non-hydrogen) atoms. The Morgan fingerprint density at radius 2 is 1.80 bits per heavy atom. The number of nitrogens with one attached hydrogen (secondary N) is 1. The molecular formula is C23H28ClIN2O3. The second-order valence-corrected chi connectivity index (χ2v) is 9.07. The maximum absolute atomic E-state index is 13.1. The van der Waals surface area contributed by atoms with Crippen molar-refractivity contribution in [3.63, 3.8) is 0 Å². The van der Waals surface area contributed by atoms with Gasteiger partial charge in [0.25, 0.3) is 5.91 Å². The zero-order valence-corrected chi connectivity index (χ0v) is 20.4. The van der Waals surface area contributed by atoms with Crippen molar-refractivity contribution in [1.82, 2.24) is 10.2 Å². The molecule has 0 aliphatic carbocycles. The summed E-state index contributed by atoms with van der Waals surface area (Å²) < 4.78 is 6.77. The molecule has 0 radical (unpaired) electrons. The van der Waals surface area contributed by atoms with Gasteiger partial charge in [0.2, 0.25) is 5.91 Å². The summed E-state index contributed by atoms with van der Waals surface area (Å²) in [5, 5.41) is 3.50. The molecule has 1 atom stereocenters. The average molecular weight is 543 g/mol. The van der Waals surface area contributed by atoms with Crippen LogP contribution in [-0.2, 0) is 16.1 Å². The molecule has 0 heterocycles. The molecule has 0 spiro atoms. The van der Waals surface area contributed by atoms with Gasteiger partial charge >= 0.3 is 0 Å². The van der Waals surface area contributed by atoms with E-state index in [4.69, 9.17) is 16.3 Å². The van der Waals surface area contributed by atoms with Gasteiger partial charge in [0, 0.05) is 21.7 Å². The summed E-state index contributed by atoms with van der Waals surface area (Å²) in [6, 6.07) is 14.2. The smallest absolute Gasteiger partial charge is 0.261 e. The normalized spacial score (nSPS) is 11.8. The van der Waals surface area contributed by atoms with Crippen molar-refractivity contribution in [1.29, 1.82) is 0 Å². The Labute approximate surface area is 197 Å². The molecule has 0 saturated heterocycles. The maximum atomic E-state index is 13.1. The summed E-state index contributed by atoms with van der Waals surface area (Å²) in [6.07, 6.45) is 0.490. The lowest BCUT2D eigenvalue weighted by Gasteiger charge is -2.31. The van der Waals surface area contributed by atoms with Crippen LogP contribution in [-0.4, -0.2) is 35.9 Å². The topological polar surface area (TPSA) is 58.6 Å². The Morgan fingerprint density at radius 1 is 1.13 bits per heavy atom. The zero-order chi connectivity index (χ0) is 22.1. The molecule has 162 valence electrons. The van der Waals surface area contributed by atoms with E-state index >= 15 is 0 Å². The summed E-state index contributed by atoms with van der Waals surface area (Å²) in [5.41, 5.74) is 0.789. The highest BCUT2D eigenvalue weighted by Crippen LogP contribution is 2.20. The third-order valence-corrected chi connectivity index (χ3v) is 5.63. The number of carbonyl (C=O) groups is 2. The van der Waals surface area contributed by atoms with E-state index < -0.39 is 6.04 Å². The molecule has 5 nitrogen and oxygen atoms in total. The first-order valence-electron chi connectivity index (χ1n) is 10.0. The molecule has 0 aromatic heterocycles. The lowest BCUT2D eigenvalue weighted by Crippen LogP contribution is -2.50. The molecule has 7 heteroatoms. The SMILES string of the molecule is CC[C@H](C(=O)NCC(C)C)N(Cc1ccccc1Cl)C(=O)COc1ccc(I)cc1. The highest BCUT2D eigenvalue weighted by Gasteiger charge is 2.29. The summed E-state index contributed by atoms with van der Waals surface area (Å²) in [5.74, 6) is 0.503. The van der Waals surface area contributed by atoms with Gasteiger partial charge in [0.15, 0.2) is 6.61 Å². The van der Waals surface area contributed by atoms with Crippen LogP contribution in [0.2, 0.25) is 5.02 Å². The lowest BCUT2D eigenvalue weighted by molar-refractivity contribution is -0.143. The molecule has 0 fully saturated rings. The Kier molecular flexibility index (Phi) is 9.91. The molecule has 2 aromatic carbocycles. The third kappa shape index (κ3) is 7.47. The largest absolute Gasteiger partial charge is 0.484 e. The van der Waals surface area contributed by atoms with Gasteiger partial charge in [-0.3, -0.25) is 9.59 Å². The number of amides is 2. The first-order chi connectivity index (χ1) is 14.3. The fraction of sp³-hybridized carbons (Fsp3) is 0.391. The van der Waals surface area contributed by atoms with Crippen molar-refractivity contribution in [3.8, 4) is 5.75 Å². The van der Waals surface area contributed by atoms with Gasteiger partial charge in [-0.05, 0) is 70.8 Å². The minimum atomic E-state index is -0.604. The average Bonchev–Trinajstić information content (AvgIpc) is 2.72. The van der Waals surface area contributed by atoms with Crippen LogP contribution >= 0.6 is 34.2 Å². The van der Waals surface area contributed by atoms with Crippen LogP contribution < -0.4 is 10.1 Å². The van der Waals surface area contributed by atoms with Gasteiger partial charge in [0.05, 0.1) is 0 Å². The van der Waals surface area contributed by atoms with Crippen LogP contribution in [0.15, 0.2) is 48.5 Å². The summed E-state index contributed by atoms with van der Waals surface area (Å²) in [4.78, 5) is 27.5. The van der Waals surface area contributed by atoms with Gasteiger partial charge in [-0.2, -0.15) is 0 Å². The minimum absolute atomic E-state index is 0.154. The highest BCUT2D eigenvalue weighted by molar-refractivity contribution is 14.1. The van der Waals surface area contributed by atoms with Crippen LogP contribution in [0.3, 0.4) is 0 Å². The molecule has 0 aliphatic rings. The van der Waals surface area contributed by atoms with Crippen molar-refractivity contribution < 1.29 is 14.3 Å². The zero-order valence-electron chi connectivity index (χ0n) is 17.5. The summed E-state index contributed by atoms with van der Waals surface area (Å²) in [6.45, 7) is 6.60. The molecule has 0 bridgehead atoms. The van der Waals surface area contributed by atoms with Gasteiger partial charge in [-0.25, -0.2) is 0 Å².